The van der Waals surface area contributed by atoms with Gasteiger partial charge in [-0.2, -0.15) is 9.78 Å². The van der Waals surface area contributed by atoms with E-state index in [1.54, 1.807) is 6.07 Å². The van der Waals surface area contributed by atoms with Gasteiger partial charge >= 0.3 is 4.87 Å². The average molecular weight is 304 g/mol. The molecule has 0 amide bonds. The maximum Gasteiger partial charge on any atom is 0.331 e. The van der Waals surface area contributed by atoms with Crippen LogP contribution in [0.3, 0.4) is 0 Å². The monoisotopic (exact) mass is 304 g/mol. The lowest BCUT2D eigenvalue weighted by Crippen LogP contribution is -2.12. The van der Waals surface area contributed by atoms with Gasteiger partial charge in [0.25, 0.3) is 0 Å². The zero-order valence-corrected chi connectivity index (χ0v) is 11.8. The van der Waals surface area contributed by atoms with E-state index in [0.717, 1.165) is 27.3 Å². The SMILES string of the molecule is CC(=O)c1nn(-c2cc(-c3ccccc3)[nH]n2)c(=O)s1.O. The number of nitrogens with zero attached hydrogens (tertiary/aromatic N) is 3. The molecule has 0 atom stereocenters. The van der Waals surface area contributed by atoms with Crippen molar-refractivity contribution in [2.45, 2.75) is 6.92 Å². The Kier molecular flexibility index (Phi) is 4.10. The van der Waals surface area contributed by atoms with Gasteiger partial charge in [-0.1, -0.05) is 30.3 Å². The summed E-state index contributed by atoms with van der Waals surface area (Å²) in [6.45, 7) is 1.38. The van der Waals surface area contributed by atoms with Gasteiger partial charge in [0.1, 0.15) is 0 Å². The van der Waals surface area contributed by atoms with Crippen molar-refractivity contribution in [1.29, 1.82) is 0 Å². The molecule has 2 heterocycles. The molecule has 3 N–H and O–H groups in total. The summed E-state index contributed by atoms with van der Waals surface area (Å²) in [5.41, 5.74) is 1.74. The third-order valence-corrected chi connectivity index (χ3v) is 3.63. The lowest BCUT2D eigenvalue weighted by atomic mass is 10.2. The van der Waals surface area contributed by atoms with Gasteiger partial charge in [-0.15, -0.1) is 5.10 Å². The summed E-state index contributed by atoms with van der Waals surface area (Å²) in [4.78, 5) is 22.7. The lowest BCUT2D eigenvalue weighted by Gasteiger charge is -1.94. The first-order chi connectivity index (χ1) is 9.65. The highest BCUT2D eigenvalue weighted by atomic mass is 32.1. The minimum atomic E-state index is -0.332. The van der Waals surface area contributed by atoms with Gasteiger partial charge in [-0.05, 0) is 16.9 Å². The molecule has 8 heteroatoms. The number of ketones is 1. The van der Waals surface area contributed by atoms with E-state index >= 15 is 0 Å². The summed E-state index contributed by atoms with van der Waals surface area (Å²) in [5.74, 6) is 0.141. The number of H-pyrrole nitrogens is 1. The van der Waals surface area contributed by atoms with Gasteiger partial charge in [-0.25, -0.2) is 0 Å². The van der Waals surface area contributed by atoms with E-state index in [9.17, 15) is 9.59 Å². The van der Waals surface area contributed by atoms with Crippen LogP contribution in [0.15, 0.2) is 41.2 Å². The average Bonchev–Trinajstić information content (AvgIpc) is 3.06. The number of aromatic nitrogens is 4. The Morgan fingerprint density at radius 1 is 1.29 bits per heavy atom. The first-order valence-corrected chi connectivity index (χ1v) is 6.69. The first-order valence-electron chi connectivity index (χ1n) is 5.87. The molecule has 0 spiro atoms. The standard InChI is InChI=1S/C13H10N4O2S.H2O/c1-8(18)12-16-17(13(19)20-12)11-7-10(14-15-11)9-5-3-2-4-6-9;/h2-7H,1H3,(H,14,15);1H2. The van der Waals surface area contributed by atoms with Crippen LogP contribution in [0.5, 0.6) is 0 Å². The molecule has 0 aliphatic carbocycles. The van der Waals surface area contributed by atoms with Crippen molar-refractivity contribution in [3.8, 4) is 17.1 Å². The molecule has 0 saturated heterocycles. The molecule has 0 fully saturated rings. The Balaban J connectivity index is 0.00000161. The van der Waals surface area contributed by atoms with E-state index in [4.69, 9.17) is 0 Å². The van der Waals surface area contributed by atoms with Crippen molar-refractivity contribution in [1.82, 2.24) is 20.0 Å². The normalized spacial score (nSPS) is 10.1. The van der Waals surface area contributed by atoms with Crippen LogP contribution in [0, 0.1) is 0 Å². The van der Waals surface area contributed by atoms with Gasteiger partial charge in [0.05, 0.1) is 5.69 Å². The molecule has 3 aromatic rings. The van der Waals surface area contributed by atoms with Crippen molar-refractivity contribution in [3.05, 3.63) is 51.1 Å². The van der Waals surface area contributed by atoms with E-state index in [1.807, 2.05) is 30.3 Å². The number of carbonyl (C=O) groups excluding carboxylic acids is 1. The molecule has 0 saturated carbocycles. The van der Waals surface area contributed by atoms with Gasteiger partial charge < -0.3 is 5.48 Å². The molecule has 21 heavy (non-hydrogen) atoms. The van der Waals surface area contributed by atoms with Crippen LogP contribution in [-0.4, -0.2) is 31.2 Å². The summed E-state index contributed by atoms with van der Waals surface area (Å²) in [7, 11) is 0. The Bertz CT molecular complexity index is 819. The molecular weight excluding hydrogens is 292 g/mol. The Labute approximate surface area is 123 Å². The van der Waals surface area contributed by atoms with Crippen molar-refractivity contribution in [3.63, 3.8) is 0 Å². The largest absolute Gasteiger partial charge is 0.412 e. The fraction of sp³-hybridized carbons (Fsp3) is 0.0769. The maximum absolute atomic E-state index is 11.8. The van der Waals surface area contributed by atoms with E-state index in [0.29, 0.717) is 5.82 Å². The Morgan fingerprint density at radius 2 is 2.00 bits per heavy atom. The van der Waals surface area contributed by atoms with Crippen LogP contribution < -0.4 is 4.87 Å². The lowest BCUT2D eigenvalue weighted by molar-refractivity contribution is 0.101. The van der Waals surface area contributed by atoms with E-state index in [1.165, 1.54) is 6.92 Å². The fourth-order valence-corrected chi connectivity index (χ4v) is 2.40. The number of nitrogens with one attached hydrogen (secondary N) is 1. The smallest absolute Gasteiger partial charge is 0.331 e. The highest BCUT2D eigenvalue weighted by Crippen LogP contribution is 2.18. The highest BCUT2D eigenvalue weighted by Gasteiger charge is 2.14. The first kappa shape index (κ1) is 14.8. The van der Waals surface area contributed by atoms with Crippen molar-refractivity contribution in [2.24, 2.45) is 0 Å². The molecule has 0 aliphatic heterocycles. The zero-order chi connectivity index (χ0) is 14.1. The molecule has 3 rings (SSSR count). The third kappa shape index (κ3) is 2.81. The summed E-state index contributed by atoms with van der Waals surface area (Å²) in [5, 5.41) is 11.1. The summed E-state index contributed by atoms with van der Waals surface area (Å²) in [6, 6.07) is 11.3. The minimum absolute atomic E-state index is 0. The number of benzene rings is 1. The van der Waals surface area contributed by atoms with Gasteiger partial charge in [-0.3, -0.25) is 14.7 Å². The molecule has 0 radical (unpaired) electrons. The third-order valence-electron chi connectivity index (χ3n) is 2.72. The Hall–Kier alpha value is -2.58. The number of aromatic amines is 1. The van der Waals surface area contributed by atoms with Crippen LogP contribution in [0.2, 0.25) is 0 Å². The van der Waals surface area contributed by atoms with Crippen LogP contribution in [-0.2, 0) is 0 Å². The minimum Gasteiger partial charge on any atom is -0.412 e. The number of carbonyl (C=O) groups is 1. The Morgan fingerprint density at radius 3 is 2.62 bits per heavy atom. The summed E-state index contributed by atoms with van der Waals surface area (Å²) in [6.07, 6.45) is 0. The second-order valence-electron chi connectivity index (χ2n) is 4.15. The zero-order valence-electron chi connectivity index (χ0n) is 11.0. The highest BCUT2D eigenvalue weighted by molar-refractivity contribution is 7.11. The topological polar surface area (TPSA) is 112 Å². The van der Waals surface area contributed by atoms with Crippen LogP contribution >= 0.6 is 11.3 Å². The molecule has 7 nitrogen and oxygen atoms in total. The van der Waals surface area contributed by atoms with Crippen molar-refractivity contribution >= 4 is 17.1 Å². The number of hydrogen-bond donors (Lipinski definition) is 1. The van der Waals surface area contributed by atoms with Crippen molar-refractivity contribution < 1.29 is 10.3 Å². The predicted molar refractivity (Wildman–Crippen MR) is 78.9 cm³/mol. The second-order valence-corrected chi connectivity index (χ2v) is 5.09. The fourth-order valence-electron chi connectivity index (χ4n) is 1.75. The molecule has 0 unspecified atom stereocenters. The van der Waals surface area contributed by atoms with Crippen molar-refractivity contribution in [2.75, 3.05) is 0 Å². The van der Waals surface area contributed by atoms with E-state index in [2.05, 4.69) is 15.3 Å². The van der Waals surface area contributed by atoms with Gasteiger partial charge in [0.2, 0.25) is 0 Å². The van der Waals surface area contributed by atoms with Crippen LogP contribution in [0.4, 0.5) is 0 Å². The van der Waals surface area contributed by atoms with Gasteiger partial charge in [0.15, 0.2) is 16.6 Å². The van der Waals surface area contributed by atoms with E-state index in [-0.39, 0.29) is 21.1 Å². The van der Waals surface area contributed by atoms with Crippen LogP contribution in [0.25, 0.3) is 17.1 Å². The molecule has 0 bridgehead atoms. The second kappa shape index (κ2) is 5.81. The molecule has 2 aromatic heterocycles. The molecular formula is C13H12N4O3S. The molecule has 1 aromatic carbocycles. The maximum atomic E-state index is 11.8. The summed E-state index contributed by atoms with van der Waals surface area (Å²) < 4.78 is 1.13. The molecule has 108 valence electrons. The summed E-state index contributed by atoms with van der Waals surface area (Å²) >= 11 is 0.815. The number of hydrogen-bond acceptors (Lipinski definition) is 5. The van der Waals surface area contributed by atoms with Crippen LogP contribution in [0.1, 0.15) is 16.7 Å². The van der Waals surface area contributed by atoms with E-state index < -0.39 is 0 Å². The molecule has 0 aliphatic rings. The number of rotatable bonds is 3. The number of Topliss-reactive ketones (excluding diaryl/α,β-unsaturated/α-hetero) is 1. The quantitative estimate of drug-likeness (QED) is 0.729. The predicted octanol–water partition coefficient (Wildman–Crippen LogP) is 1.06. The van der Waals surface area contributed by atoms with Gasteiger partial charge in [0, 0.05) is 13.0 Å².